The van der Waals surface area contributed by atoms with E-state index in [0.29, 0.717) is 11.8 Å². The van der Waals surface area contributed by atoms with Gasteiger partial charge >= 0.3 is 0 Å². The van der Waals surface area contributed by atoms with Crippen molar-refractivity contribution in [2.75, 3.05) is 5.73 Å². The summed E-state index contributed by atoms with van der Waals surface area (Å²) in [6.07, 6.45) is 1.23. The van der Waals surface area contributed by atoms with Crippen molar-refractivity contribution < 1.29 is 4.52 Å². The maximum Gasteiger partial charge on any atom is 0.222 e. The summed E-state index contributed by atoms with van der Waals surface area (Å²) < 4.78 is 4.74. The van der Waals surface area contributed by atoms with Crippen LogP contribution in [0.2, 0.25) is 0 Å². The van der Waals surface area contributed by atoms with E-state index in [0.717, 1.165) is 11.6 Å². The molecule has 0 saturated heterocycles. The molecule has 54 valence electrons. The van der Waals surface area contributed by atoms with Crippen LogP contribution in [0.15, 0.2) is 10.6 Å². The van der Waals surface area contributed by atoms with Gasteiger partial charge in [-0.15, -0.1) is 0 Å². The zero-order valence-corrected chi connectivity index (χ0v) is 5.87. The maximum atomic E-state index is 5.36. The van der Waals surface area contributed by atoms with Crippen molar-refractivity contribution in [3.05, 3.63) is 11.8 Å². The molecule has 2 rings (SSSR count). The molecule has 1 fully saturated rings. The number of hydrogen-bond donors (Lipinski definition) is 1. The van der Waals surface area contributed by atoms with Crippen molar-refractivity contribution in [2.45, 2.75) is 19.3 Å². The first-order chi connectivity index (χ1) is 4.77. The topological polar surface area (TPSA) is 52.0 Å². The van der Waals surface area contributed by atoms with Crippen molar-refractivity contribution >= 4 is 5.88 Å². The Hall–Kier alpha value is -0.990. The van der Waals surface area contributed by atoms with Gasteiger partial charge < -0.3 is 10.3 Å². The molecule has 2 atom stereocenters. The van der Waals surface area contributed by atoms with E-state index in [-0.39, 0.29) is 0 Å². The van der Waals surface area contributed by atoms with Crippen molar-refractivity contribution in [2.24, 2.45) is 5.92 Å². The van der Waals surface area contributed by atoms with Crippen LogP contribution in [-0.2, 0) is 0 Å². The second-order valence-corrected chi connectivity index (χ2v) is 2.97. The van der Waals surface area contributed by atoms with E-state index in [9.17, 15) is 0 Å². The predicted octanol–water partition coefficient (Wildman–Crippen LogP) is 1.38. The summed E-state index contributed by atoms with van der Waals surface area (Å²) in [4.78, 5) is 0. The van der Waals surface area contributed by atoms with Crippen LogP contribution < -0.4 is 5.73 Å². The molecule has 1 heterocycles. The Morgan fingerprint density at radius 3 is 2.90 bits per heavy atom. The van der Waals surface area contributed by atoms with E-state index in [1.165, 1.54) is 6.42 Å². The minimum atomic E-state index is 0.425. The lowest BCUT2D eigenvalue weighted by molar-refractivity contribution is 0.427. The van der Waals surface area contributed by atoms with E-state index < -0.39 is 0 Å². The van der Waals surface area contributed by atoms with Crippen molar-refractivity contribution in [1.82, 2.24) is 5.16 Å². The number of aromatic nitrogens is 1. The number of anilines is 1. The number of nitrogens with zero attached hydrogens (tertiary/aromatic N) is 1. The third-order valence-corrected chi connectivity index (χ3v) is 2.04. The molecule has 0 unspecified atom stereocenters. The Bertz CT molecular complexity index is 244. The molecular formula is C7H10N2O. The third-order valence-electron chi connectivity index (χ3n) is 2.04. The van der Waals surface area contributed by atoms with Crippen LogP contribution in [0.5, 0.6) is 0 Å². The van der Waals surface area contributed by atoms with Crippen LogP contribution in [0.1, 0.15) is 25.0 Å². The molecule has 3 heteroatoms. The monoisotopic (exact) mass is 138 g/mol. The van der Waals surface area contributed by atoms with Crippen LogP contribution in [0.4, 0.5) is 5.88 Å². The first-order valence-electron chi connectivity index (χ1n) is 3.49. The molecule has 1 aromatic heterocycles. The Balaban J connectivity index is 2.20. The Morgan fingerprint density at radius 2 is 2.50 bits per heavy atom. The van der Waals surface area contributed by atoms with E-state index in [1.54, 1.807) is 0 Å². The van der Waals surface area contributed by atoms with Gasteiger partial charge in [0, 0.05) is 12.0 Å². The van der Waals surface area contributed by atoms with Gasteiger partial charge in [0.2, 0.25) is 5.88 Å². The predicted molar refractivity (Wildman–Crippen MR) is 37.4 cm³/mol. The van der Waals surface area contributed by atoms with Crippen LogP contribution in [-0.4, -0.2) is 5.16 Å². The van der Waals surface area contributed by atoms with E-state index >= 15 is 0 Å². The Kier molecular flexibility index (Phi) is 1.01. The second kappa shape index (κ2) is 1.75. The van der Waals surface area contributed by atoms with E-state index in [2.05, 4.69) is 12.1 Å². The molecule has 1 aromatic rings. The normalized spacial score (nSPS) is 30.5. The van der Waals surface area contributed by atoms with Gasteiger partial charge in [0.1, 0.15) is 0 Å². The van der Waals surface area contributed by atoms with Gasteiger partial charge in [0.05, 0.1) is 5.69 Å². The average Bonchev–Trinajstić information content (AvgIpc) is 2.42. The SMILES string of the molecule is C[C@@H]1C[C@@H]1c1cc(N)on1. The molecule has 1 aliphatic rings. The number of nitrogen functional groups attached to an aromatic ring is 1. The highest BCUT2D eigenvalue weighted by Crippen LogP contribution is 2.46. The molecule has 0 amide bonds. The lowest BCUT2D eigenvalue weighted by Crippen LogP contribution is -1.79. The summed E-state index contributed by atoms with van der Waals surface area (Å²) in [5.41, 5.74) is 6.38. The highest BCUT2D eigenvalue weighted by atomic mass is 16.5. The van der Waals surface area contributed by atoms with Crippen molar-refractivity contribution in [3.8, 4) is 0 Å². The lowest BCUT2D eigenvalue weighted by atomic mass is 10.2. The van der Waals surface area contributed by atoms with Gasteiger partial charge in [0.25, 0.3) is 0 Å². The molecule has 0 bridgehead atoms. The van der Waals surface area contributed by atoms with Crippen LogP contribution in [0.3, 0.4) is 0 Å². The van der Waals surface area contributed by atoms with Crippen LogP contribution >= 0.6 is 0 Å². The summed E-state index contributed by atoms with van der Waals surface area (Å²) in [6.45, 7) is 2.20. The summed E-state index contributed by atoms with van der Waals surface area (Å²) in [5.74, 6) is 1.81. The summed E-state index contributed by atoms with van der Waals surface area (Å²) >= 11 is 0. The quantitative estimate of drug-likeness (QED) is 0.637. The highest BCUT2D eigenvalue weighted by molar-refractivity contribution is 5.29. The number of nitrogens with two attached hydrogens (primary N) is 1. The number of hydrogen-bond acceptors (Lipinski definition) is 3. The van der Waals surface area contributed by atoms with Crippen molar-refractivity contribution in [3.63, 3.8) is 0 Å². The fourth-order valence-corrected chi connectivity index (χ4v) is 1.21. The molecule has 10 heavy (non-hydrogen) atoms. The third kappa shape index (κ3) is 0.781. The molecule has 0 radical (unpaired) electrons. The molecule has 1 aliphatic carbocycles. The average molecular weight is 138 g/mol. The first kappa shape index (κ1) is 5.77. The molecule has 2 N–H and O–H groups in total. The smallest absolute Gasteiger partial charge is 0.222 e. The summed E-state index contributed by atoms with van der Waals surface area (Å²) in [7, 11) is 0. The minimum Gasteiger partial charge on any atom is -0.368 e. The molecular weight excluding hydrogens is 128 g/mol. The summed E-state index contributed by atoms with van der Waals surface area (Å²) in [6, 6.07) is 1.81. The highest BCUT2D eigenvalue weighted by Gasteiger charge is 2.36. The first-order valence-corrected chi connectivity index (χ1v) is 3.49. The maximum absolute atomic E-state index is 5.36. The van der Waals surface area contributed by atoms with Crippen LogP contribution in [0, 0.1) is 5.92 Å². The van der Waals surface area contributed by atoms with Gasteiger partial charge in [-0.2, -0.15) is 0 Å². The summed E-state index contributed by atoms with van der Waals surface area (Å²) in [5, 5.41) is 3.83. The van der Waals surface area contributed by atoms with Gasteiger partial charge in [-0.3, -0.25) is 0 Å². The molecule has 0 aromatic carbocycles. The van der Waals surface area contributed by atoms with Gasteiger partial charge in [-0.25, -0.2) is 0 Å². The molecule has 0 spiro atoms. The standard InChI is InChI=1S/C7H10N2O/c1-4-2-5(4)6-3-7(8)10-9-6/h3-5H,2,8H2,1H3/t4-,5+/m1/s1. The minimum absolute atomic E-state index is 0.425. The zero-order valence-electron chi connectivity index (χ0n) is 5.87. The Morgan fingerprint density at radius 1 is 1.80 bits per heavy atom. The van der Waals surface area contributed by atoms with Gasteiger partial charge in [0.15, 0.2) is 0 Å². The zero-order chi connectivity index (χ0) is 7.14. The molecule has 3 nitrogen and oxygen atoms in total. The largest absolute Gasteiger partial charge is 0.368 e. The van der Waals surface area contributed by atoms with Gasteiger partial charge in [-0.05, 0) is 12.3 Å². The number of rotatable bonds is 1. The molecule has 0 aliphatic heterocycles. The fraction of sp³-hybridized carbons (Fsp3) is 0.571. The van der Waals surface area contributed by atoms with Crippen LogP contribution in [0.25, 0.3) is 0 Å². The van der Waals surface area contributed by atoms with Gasteiger partial charge in [-0.1, -0.05) is 12.1 Å². The fourth-order valence-electron chi connectivity index (χ4n) is 1.21. The lowest BCUT2D eigenvalue weighted by Gasteiger charge is -1.82. The van der Waals surface area contributed by atoms with E-state index in [4.69, 9.17) is 10.3 Å². The van der Waals surface area contributed by atoms with Crippen molar-refractivity contribution in [1.29, 1.82) is 0 Å². The molecule has 1 saturated carbocycles. The van der Waals surface area contributed by atoms with E-state index in [1.807, 2.05) is 6.07 Å². The second-order valence-electron chi connectivity index (χ2n) is 2.97. The Labute approximate surface area is 59.2 Å².